The second-order valence-electron chi connectivity index (χ2n) is 2.87. The molecule has 0 aliphatic rings. The Kier molecular flexibility index (Phi) is 3.41. The fourth-order valence-electron chi connectivity index (χ4n) is 1.24. The summed E-state index contributed by atoms with van der Waals surface area (Å²) in [4.78, 5) is 21.5. The molecule has 0 amide bonds. The van der Waals surface area contributed by atoms with Crippen LogP contribution in [0.5, 0.6) is 0 Å². The summed E-state index contributed by atoms with van der Waals surface area (Å²) in [5, 5.41) is 10.8. The van der Waals surface area contributed by atoms with Crippen LogP contribution in [0.2, 0.25) is 0 Å². The van der Waals surface area contributed by atoms with Crippen LogP contribution in [0.1, 0.15) is 15.9 Å². The monoisotopic (exact) mass is 273 g/mol. The molecule has 0 fully saturated rings. The smallest absolute Gasteiger partial charge is 0.344 e. The molecule has 80 valence electrons. The number of esters is 1. The average Bonchev–Trinajstić information content (AvgIpc) is 2.14. The first-order chi connectivity index (χ1) is 6.97. The van der Waals surface area contributed by atoms with Gasteiger partial charge in [-0.2, -0.15) is 0 Å². The molecule has 1 rings (SSSR count). The van der Waals surface area contributed by atoms with E-state index in [1.165, 1.54) is 13.2 Å². The molecule has 0 atom stereocenters. The Hall–Kier alpha value is -1.43. The number of nitro groups is 1. The number of nitro benzene ring substituents is 1. The standard InChI is InChI=1S/C9H8BrNO4/c1-5-3-6(10)4-7(9(12)15-2)8(5)11(13)14/h3-4H,1-2H3. The van der Waals surface area contributed by atoms with Gasteiger partial charge in [0.25, 0.3) is 5.69 Å². The van der Waals surface area contributed by atoms with Crippen LogP contribution < -0.4 is 0 Å². The Labute approximate surface area is 94.3 Å². The number of hydrogen-bond donors (Lipinski definition) is 0. The van der Waals surface area contributed by atoms with Gasteiger partial charge < -0.3 is 4.74 Å². The fourth-order valence-corrected chi connectivity index (χ4v) is 1.82. The third-order valence-electron chi connectivity index (χ3n) is 1.85. The predicted molar refractivity (Wildman–Crippen MR) is 56.9 cm³/mol. The van der Waals surface area contributed by atoms with Crippen molar-refractivity contribution in [3.05, 3.63) is 37.8 Å². The number of ether oxygens (including phenoxy) is 1. The van der Waals surface area contributed by atoms with Crippen molar-refractivity contribution in [1.82, 2.24) is 0 Å². The zero-order valence-corrected chi connectivity index (χ0v) is 9.70. The van der Waals surface area contributed by atoms with E-state index in [4.69, 9.17) is 0 Å². The number of halogens is 1. The van der Waals surface area contributed by atoms with Crippen LogP contribution in [-0.2, 0) is 4.74 Å². The summed E-state index contributed by atoms with van der Waals surface area (Å²) in [5.41, 5.74) is 0.147. The largest absolute Gasteiger partial charge is 0.465 e. The molecule has 1 aromatic carbocycles. The van der Waals surface area contributed by atoms with Crippen LogP contribution >= 0.6 is 15.9 Å². The van der Waals surface area contributed by atoms with Crippen LogP contribution in [-0.4, -0.2) is 18.0 Å². The number of nitrogens with zero attached hydrogens (tertiary/aromatic N) is 1. The van der Waals surface area contributed by atoms with E-state index in [9.17, 15) is 14.9 Å². The Balaban J connectivity index is 3.46. The molecule has 0 aliphatic heterocycles. The van der Waals surface area contributed by atoms with Gasteiger partial charge in [-0.15, -0.1) is 0 Å². The molecule has 0 saturated heterocycles. The lowest BCUT2D eigenvalue weighted by Gasteiger charge is -2.04. The SMILES string of the molecule is COC(=O)c1cc(Br)cc(C)c1[N+](=O)[O-]. The molecule has 1 aromatic rings. The molecule has 0 bridgehead atoms. The summed E-state index contributed by atoms with van der Waals surface area (Å²) in [7, 11) is 1.18. The quantitative estimate of drug-likeness (QED) is 0.472. The minimum absolute atomic E-state index is 0.0469. The van der Waals surface area contributed by atoms with Crippen molar-refractivity contribution >= 4 is 27.6 Å². The highest BCUT2D eigenvalue weighted by Crippen LogP contribution is 2.28. The van der Waals surface area contributed by atoms with Crippen molar-refractivity contribution in [2.45, 2.75) is 6.92 Å². The van der Waals surface area contributed by atoms with E-state index in [1.807, 2.05) is 0 Å². The number of benzene rings is 1. The lowest BCUT2D eigenvalue weighted by Crippen LogP contribution is -2.07. The molecule has 5 nitrogen and oxygen atoms in total. The van der Waals surface area contributed by atoms with Crippen molar-refractivity contribution in [3.63, 3.8) is 0 Å². The highest BCUT2D eigenvalue weighted by molar-refractivity contribution is 9.10. The maximum Gasteiger partial charge on any atom is 0.344 e. The van der Waals surface area contributed by atoms with Crippen LogP contribution in [0, 0.1) is 17.0 Å². The maximum atomic E-state index is 11.3. The van der Waals surface area contributed by atoms with Gasteiger partial charge in [-0.1, -0.05) is 15.9 Å². The van der Waals surface area contributed by atoms with Crippen molar-refractivity contribution in [2.24, 2.45) is 0 Å². The molecular formula is C9H8BrNO4. The van der Waals surface area contributed by atoms with E-state index in [0.717, 1.165) is 0 Å². The van der Waals surface area contributed by atoms with Gasteiger partial charge in [0.05, 0.1) is 12.0 Å². The molecule has 0 aliphatic carbocycles. The minimum Gasteiger partial charge on any atom is -0.465 e. The Morgan fingerprint density at radius 3 is 2.60 bits per heavy atom. The first-order valence-electron chi connectivity index (χ1n) is 4.00. The van der Waals surface area contributed by atoms with Crippen molar-refractivity contribution in [1.29, 1.82) is 0 Å². The Morgan fingerprint density at radius 1 is 1.53 bits per heavy atom. The molecule has 0 N–H and O–H groups in total. The van der Waals surface area contributed by atoms with Crippen molar-refractivity contribution in [2.75, 3.05) is 7.11 Å². The number of aryl methyl sites for hydroxylation is 1. The van der Waals surface area contributed by atoms with Gasteiger partial charge >= 0.3 is 5.97 Å². The van der Waals surface area contributed by atoms with E-state index in [1.54, 1.807) is 13.0 Å². The van der Waals surface area contributed by atoms with E-state index in [0.29, 0.717) is 10.0 Å². The summed E-state index contributed by atoms with van der Waals surface area (Å²) in [6, 6.07) is 2.95. The molecule has 0 unspecified atom stereocenters. The van der Waals surface area contributed by atoms with Crippen LogP contribution in [0.25, 0.3) is 0 Å². The Morgan fingerprint density at radius 2 is 2.13 bits per heavy atom. The number of methoxy groups -OCH3 is 1. The van der Waals surface area contributed by atoms with Crippen molar-refractivity contribution < 1.29 is 14.5 Å². The van der Waals surface area contributed by atoms with Gasteiger partial charge in [0.15, 0.2) is 0 Å². The van der Waals surface area contributed by atoms with Gasteiger partial charge in [-0.05, 0) is 19.1 Å². The number of carbonyl (C=O) groups is 1. The molecule has 0 radical (unpaired) electrons. The molecule has 6 heteroatoms. The van der Waals surface area contributed by atoms with Crippen LogP contribution in [0.4, 0.5) is 5.69 Å². The number of hydrogen-bond acceptors (Lipinski definition) is 4. The van der Waals surface area contributed by atoms with E-state index < -0.39 is 10.9 Å². The zero-order chi connectivity index (χ0) is 11.6. The topological polar surface area (TPSA) is 69.4 Å². The summed E-state index contributed by atoms with van der Waals surface area (Å²) in [5.74, 6) is -0.717. The van der Waals surface area contributed by atoms with E-state index in [-0.39, 0.29) is 11.3 Å². The molecule has 0 heterocycles. The maximum absolute atomic E-state index is 11.3. The molecule has 15 heavy (non-hydrogen) atoms. The molecule has 0 spiro atoms. The normalized spacial score (nSPS) is 9.80. The first-order valence-corrected chi connectivity index (χ1v) is 4.79. The van der Waals surface area contributed by atoms with Crippen LogP contribution in [0.15, 0.2) is 16.6 Å². The summed E-state index contributed by atoms with van der Waals surface area (Å²) < 4.78 is 5.08. The predicted octanol–water partition coefficient (Wildman–Crippen LogP) is 2.45. The highest BCUT2D eigenvalue weighted by atomic mass is 79.9. The van der Waals surface area contributed by atoms with E-state index in [2.05, 4.69) is 20.7 Å². The second kappa shape index (κ2) is 4.39. The zero-order valence-electron chi connectivity index (χ0n) is 8.11. The van der Waals surface area contributed by atoms with Crippen molar-refractivity contribution in [3.8, 4) is 0 Å². The van der Waals surface area contributed by atoms with Gasteiger partial charge in [0, 0.05) is 10.0 Å². The summed E-state index contributed by atoms with van der Waals surface area (Å²) in [6.45, 7) is 1.56. The number of rotatable bonds is 2. The highest BCUT2D eigenvalue weighted by Gasteiger charge is 2.23. The number of carbonyl (C=O) groups excluding carboxylic acids is 1. The molecular weight excluding hydrogens is 266 g/mol. The fraction of sp³-hybridized carbons (Fsp3) is 0.222. The molecule has 0 aromatic heterocycles. The third kappa shape index (κ3) is 2.33. The summed E-state index contributed by atoms with van der Waals surface area (Å²) in [6.07, 6.45) is 0. The molecule has 0 saturated carbocycles. The third-order valence-corrected chi connectivity index (χ3v) is 2.31. The average molecular weight is 274 g/mol. The first kappa shape index (κ1) is 11.6. The van der Waals surface area contributed by atoms with Gasteiger partial charge in [-0.3, -0.25) is 10.1 Å². The van der Waals surface area contributed by atoms with Gasteiger partial charge in [0.2, 0.25) is 0 Å². The minimum atomic E-state index is -0.717. The summed E-state index contributed by atoms with van der Waals surface area (Å²) >= 11 is 3.16. The van der Waals surface area contributed by atoms with Gasteiger partial charge in [-0.25, -0.2) is 4.79 Å². The van der Waals surface area contributed by atoms with E-state index >= 15 is 0 Å². The Bertz CT molecular complexity index is 430. The van der Waals surface area contributed by atoms with Gasteiger partial charge in [0.1, 0.15) is 5.56 Å². The van der Waals surface area contributed by atoms with Crippen LogP contribution in [0.3, 0.4) is 0 Å². The lowest BCUT2D eigenvalue weighted by molar-refractivity contribution is -0.385. The lowest BCUT2D eigenvalue weighted by atomic mass is 10.1. The second-order valence-corrected chi connectivity index (χ2v) is 3.78.